The van der Waals surface area contributed by atoms with Crippen molar-refractivity contribution >= 4 is 27.1 Å². The molecule has 2 rings (SSSR count). The van der Waals surface area contributed by atoms with Crippen LogP contribution in [0.3, 0.4) is 0 Å². The van der Waals surface area contributed by atoms with E-state index in [2.05, 4.69) is 0 Å². The number of thiophene rings is 1. The Morgan fingerprint density at radius 1 is 1.46 bits per heavy atom. The Kier molecular flexibility index (Phi) is 1.84. The molecule has 0 atom stereocenters. The van der Waals surface area contributed by atoms with Crippen molar-refractivity contribution in [2.75, 3.05) is 12.8 Å². The van der Waals surface area contributed by atoms with Crippen LogP contribution in [0.4, 0.5) is 10.1 Å². The zero-order chi connectivity index (χ0) is 9.42. The number of hydrogen-bond acceptors (Lipinski definition) is 3. The molecule has 13 heavy (non-hydrogen) atoms. The molecule has 1 aromatic carbocycles. The highest BCUT2D eigenvalue weighted by atomic mass is 32.1. The van der Waals surface area contributed by atoms with E-state index < -0.39 is 0 Å². The zero-order valence-corrected chi connectivity index (χ0v) is 7.82. The van der Waals surface area contributed by atoms with Crippen LogP contribution in [0, 0.1) is 5.82 Å². The summed E-state index contributed by atoms with van der Waals surface area (Å²) in [5.74, 6) is -0.252. The van der Waals surface area contributed by atoms with E-state index >= 15 is 0 Å². The van der Waals surface area contributed by atoms with E-state index in [1.807, 2.05) is 0 Å². The normalized spacial score (nSPS) is 10.6. The highest BCUT2D eigenvalue weighted by Gasteiger charge is 2.11. The van der Waals surface area contributed by atoms with Crippen molar-refractivity contribution in [3.8, 4) is 5.06 Å². The van der Waals surface area contributed by atoms with Gasteiger partial charge in [-0.2, -0.15) is 0 Å². The number of halogens is 1. The van der Waals surface area contributed by atoms with E-state index in [1.54, 1.807) is 12.1 Å². The first kappa shape index (κ1) is 8.31. The molecule has 0 spiro atoms. The monoisotopic (exact) mass is 197 g/mol. The van der Waals surface area contributed by atoms with E-state index in [-0.39, 0.29) is 5.82 Å². The molecule has 2 N–H and O–H groups in total. The van der Waals surface area contributed by atoms with Gasteiger partial charge in [0.2, 0.25) is 0 Å². The first-order valence-corrected chi connectivity index (χ1v) is 4.56. The number of hydrogen-bond donors (Lipinski definition) is 1. The molecule has 68 valence electrons. The smallest absolute Gasteiger partial charge is 0.198 e. The quantitative estimate of drug-likeness (QED) is 0.762. The molecule has 0 aliphatic heterocycles. The van der Waals surface area contributed by atoms with Crippen molar-refractivity contribution in [2.45, 2.75) is 0 Å². The van der Waals surface area contributed by atoms with Crippen molar-refractivity contribution in [3.63, 3.8) is 0 Å². The second kappa shape index (κ2) is 2.88. The molecule has 4 heteroatoms. The average Bonchev–Trinajstić information content (AvgIpc) is 2.45. The van der Waals surface area contributed by atoms with Crippen LogP contribution in [0.2, 0.25) is 0 Å². The lowest BCUT2D eigenvalue weighted by atomic mass is 10.2. The Labute approximate surface area is 78.7 Å². The Hall–Kier alpha value is -1.29. The minimum atomic E-state index is -0.252. The van der Waals surface area contributed by atoms with Gasteiger partial charge in [-0.05, 0) is 6.07 Å². The number of ether oxygens (including phenoxy) is 1. The van der Waals surface area contributed by atoms with Gasteiger partial charge in [-0.3, -0.25) is 0 Å². The Bertz CT molecular complexity index is 452. The highest BCUT2D eigenvalue weighted by molar-refractivity contribution is 7.21. The molecule has 1 heterocycles. The van der Waals surface area contributed by atoms with Gasteiger partial charge in [0.15, 0.2) is 5.06 Å². The first-order valence-electron chi connectivity index (χ1n) is 3.74. The topological polar surface area (TPSA) is 35.2 Å². The van der Waals surface area contributed by atoms with E-state index in [0.29, 0.717) is 15.5 Å². The second-order valence-corrected chi connectivity index (χ2v) is 3.61. The second-order valence-electron chi connectivity index (χ2n) is 2.62. The molecule has 1 aromatic heterocycles. The van der Waals surface area contributed by atoms with Crippen LogP contribution < -0.4 is 10.5 Å². The van der Waals surface area contributed by atoms with Crippen molar-refractivity contribution in [1.29, 1.82) is 0 Å². The summed E-state index contributed by atoms with van der Waals surface area (Å²) in [6.07, 6.45) is 0. The van der Waals surface area contributed by atoms with Crippen LogP contribution in [0.15, 0.2) is 18.2 Å². The highest BCUT2D eigenvalue weighted by Crippen LogP contribution is 2.40. The molecular formula is C9H8FNOS. The molecular weight excluding hydrogens is 189 g/mol. The fraction of sp³-hybridized carbons (Fsp3) is 0.111. The van der Waals surface area contributed by atoms with Gasteiger partial charge < -0.3 is 10.5 Å². The van der Waals surface area contributed by atoms with Crippen molar-refractivity contribution in [2.24, 2.45) is 0 Å². The molecule has 0 bridgehead atoms. The lowest BCUT2D eigenvalue weighted by Crippen LogP contribution is -1.86. The van der Waals surface area contributed by atoms with Gasteiger partial charge in [-0.15, -0.1) is 0 Å². The van der Waals surface area contributed by atoms with Crippen LogP contribution in [0.25, 0.3) is 10.1 Å². The molecule has 0 radical (unpaired) electrons. The standard InChI is InChI=1S/C9H8FNOS/c1-12-9-7(11)5-3-2-4-6(10)8(5)13-9/h2-4H,11H2,1H3. The van der Waals surface area contributed by atoms with Gasteiger partial charge in [-0.25, -0.2) is 4.39 Å². The van der Waals surface area contributed by atoms with Crippen molar-refractivity contribution in [1.82, 2.24) is 0 Å². The SMILES string of the molecule is COc1sc2c(F)cccc2c1N. The molecule has 0 saturated carbocycles. The maximum atomic E-state index is 13.2. The lowest BCUT2D eigenvalue weighted by molar-refractivity contribution is 0.429. The molecule has 0 fully saturated rings. The number of benzene rings is 1. The zero-order valence-electron chi connectivity index (χ0n) is 7.00. The van der Waals surface area contributed by atoms with Gasteiger partial charge in [0, 0.05) is 5.39 Å². The third-order valence-electron chi connectivity index (χ3n) is 1.86. The van der Waals surface area contributed by atoms with Crippen LogP contribution >= 0.6 is 11.3 Å². The fourth-order valence-electron chi connectivity index (χ4n) is 1.23. The van der Waals surface area contributed by atoms with Gasteiger partial charge in [0.25, 0.3) is 0 Å². The average molecular weight is 197 g/mol. The van der Waals surface area contributed by atoms with Gasteiger partial charge in [0.1, 0.15) is 5.82 Å². The maximum Gasteiger partial charge on any atom is 0.198 e. The molecule has 2 aromatic rings. The predicted molar refractivity (Wildman–Crippen MR) is 52.7 cm³/mol. The third kappa shape index (κ3) is 1.14. The minimum Gasteiger partial charge on any atom is -0.486 e. The van der Waals surface area contributed by atoms with E-state index in [1.165, 1.54) is 24.5 Å². The largest absolute Gasteiger partial charge is 0.486 e. The van der Waals surface area contributed by atoms with E-state index in [4.69, 9.17) is 10.5 Å². The van der Waals surface area contributed by atoms with Crippen molar-refractivity contribution < 1.29 is 9.13 Å². The summed E-state index contributed by atoms with van der Waals surface area (Å²) in [5, 5.41) is 1.29. The first-order chi connectivity index (χ1) is 6.24. The summed E-state index contributed by atoms with van der Waals surface area (Å²) in [6.45, 7) is 0. The van der Waals surface area contributed by atoms with E-state index in [0.717, 1.165) is 5.39 Å². The number of anilines is 1. The van der Waals surface area contributed by atoms with Crippen LogP contribution in [0.1, 0.15) is 0 Å². The number of rotatable bonds is 1. The lowest BCUT2D eigenvalue weighted by Gasteiger charge is -1.94. The van der Waals surface area contributed by atoms with Gasteiger partial charge in [-0.1, -0.05) is 23.5 Å². The predicted octanol–water partition coefficient (Wildman–Crippen LogP) is 2.63. The van der Waals surface area contributed by atoms with Crippen LogP contribution in [0.5, 0.6) is 5.06 Å². The number of nitrogen functional groups attached to an aromatic ring is 1. The fourth-order valence-corrected chi connectivity index (χ4v) is 2.18. The van der Waals surface area contributed by atoms with Crippen molar-refractivity contribution in [3.05, 3.63) is 24.0 Å². The molecule has 0 saturated heterocycles. The molecule has 0 aliphatic rings. The summed E-state index contributed by atoms with van der Waals surface area (Å²) in [7, 11) is 1.53. The third-order valence-corrected chi connectivity index (χ3v) is 3.05. The Morgan fingerprint density at radius 2 is 2.23 bits per heavy atom. The van der Waals surface area contributed by atoms with Crippen LogP contribution in [-0.4, -0.2) is 7.11 Å². The summed E-state index contributed by atoms with van der Waals surface area (Å²) in [6, 6.07) is 4.84. The molecule has 0 unspecified atom stereocenters. The summed E-state index contributed by atoms with van der Waals surface area (Å²) in [4.78, 5) is 0. The maximum absolute atomic E-state index is 13.2. The minimum absolute atomic E-state index is 0.252. The van der Waals surface area contributed by atoms with E-state index in [9.17, 15) is 4.39 Å². The van der Waals surface area contributed by atoms with Crippen LogP contribution in [-0.2, 0) is 0 Å². The molecule has 0 aliphatic carbocycles. The summed E-state index contributed by atoms with van der Waals surface area (Å²) < 4.78 is 18.8. The summed E-state index contributed by atoms with van der Waals surface area (Å²) in [5.41, 5.74) is 6.25. The molecule has 2 nitrogen and oxygen atoms in total. The number of methoxy groups -OCH3 is 1. The summed E-state index contributed by atoms with van der Waals surface area (Å²) >= 11 is 1.23. The van der Waals surface area contributed by atoms with Gasteiger partial charge in [0.05, 0.1) is 17.5 Å². The number of nitrogens with two attached hydrogens (primary N) is 1. The number of fused-ring (bicyclic) bond motifs is 1. The molecule has 0 amide bonds. The van der Waals surface area contributed by atoms with Gasteiger partial charge >= 0.3 is 0 Å². The Morgan fingerprint density at radius 3 is 2.85 bits per heavy atom. The Balaban J connectivity index is 2.83.